The molecule has 164 valence electrons. The van der Waals surface area contributed by atoms with E-state index in [2.05, 4.69) is 33.8 Å². The zero-order valence-electron chi connectivity index (χ0n) is 18.1. The highest BCUT2D eigenvalue weighted by molar-refractivity contribution is 6.35. The van der Waals surface area contributed by atoms with E-state index < -0.39 is 0 Å². The van der Waals surface area contributed by atoms with Gasteiger partial charge in [0.15, 0.2) is 0 Å². The van der Waals surface area contributed by atoms with Crippen LogP contribution in [0.4, 0.5) is 0 Å². The Morgan fingerprint density at radius 3 is 2.75 bits per heavy atom. The fourth-order valence-electron chi connectivity index (χ4n) is 6.20. The Morgan fingerprint density at radius 1 is 1.16 bits per heavy atom. The molecule has 1 N–H and O–H groups in total. The summed E-state index contributed by atoms with van der Waals surface area (Å²) in [5.41, 5.74) is 5.46. The van der Waals surface area contributed by atoms with E-state index in [4.69, 9.17) is 11.6 Å². The van der Waals surface area contributed by atoms with Crippen LogP contribution in [0.15, 0.2) is 47.3 Å². The summed E-state index contributed by atoms with van der Waals surface area (Å²) >= 11 is 6.47. The molecule has 5 heteroatoms. The minimum Gasteiger partial charge on any atom is -0.396 e. The van der Waals surface area contributed by atoms with Crippen LogP contribution in [0.3, 0.4) is 0 Å². The van der Waals surface area contributed by atoms with Crippen LogP contribution in [0, 0.1) is 5.92 Å². The third-order valence-electron chi connectivity index (χ3n) is 7.90. The lowest BCUT2D eigenvalue weighted by molar-refractivity contribution is 0.218. The monoisotopic (exact) mass is 446 g/mol. The third kappa shape index (κ3) is 2.85. The minimum absolute atomic E-state index is 0.190. The first-order valence-corrected chi connectivity index (χ1v) is 12.2. The topological polar surface area (TPSA) is 55.1 Å². The van der Waals surface area contributed by atoms with Crippen molar-refractivity contribution in [3.8, 4) is 5.69 Å². The van der Waals surface area contributed by atoms with E-state index in [0.717, 1.165) is 62.0 Å². The second-order valence-electron chi connectivity index (χ2n) is 9.64. The Kier molecular flexibility index (Phi) is 4.78. The normalized spacial score (nSPS) is 21.4. The molecule has 2 heterocycles. The molecule has 0 saturated heterocycles. The lowest BCUT2D eigenvalue weighted by Crippen LogP contribution is -2.32. The summed E-state index contributed by atoms with van der Waals surface area (Å²) in [5, 5.41) is 10.5. The Labute approximate surface area is 192 Å². The van der Waals surface area contributed by atoms with Gasteiger partial charge in [-0.3, -0.25) is 9.36 Å². The van der Waals surface area contributed by atoms with Crippen molar-refractivity contribution in [3.63, 3.8) is 0 Å². The smallest absolute Gasteiger partial charge is 0.282 e. The number of aliphatic hydroxyl groups excluding tert-OH is 1. The first-order chi connectivity index (χ1) is 15.6. The minimum atomic E-state index is -0.222. The molecule has 6 rings (SSSR count). The summed E-state index contributed by atoms with van der Waals surface area (Å²) in [7, 11) is 0. The standard InChI is InChI=1S/C27H27ClN2O2/c28-21-5-4-6-22-24(21)25(32)29-26-27(13-2-1-3-14-27)20-12-11-19(15-23(20)30(22)26)18-9-7-17(16-31)8-10-18/h4-6,9,11-12,15,17,31H,1-3,7-8,10,13-14,16H2. The summed E-state index contributed by atoms with van der Waals surface area (Å²) in [6, 6.07) is 12.5. The number of aliphatic hydroxyl groups is 1. The molecule has 2 aliphatic carbocycles. The zero-order chi connectivity index (χ0) is 21.9. The maximum atomic E-state index is 13.1. The maximum absolute atomic E-state index is 13.1. The molecule has 1 spiro atoms. The van der Waals surface area contributed by atoms with Crippen molar-refractivity contribution in [3.05, 3.63) is 74.8 Å². The van der Waals surface area contributed by atoms with Crippen LogP contribution in [0.1, 0.15) is 68.3 Å². The van der Waals surface area contributed by atoms with Gasteiger partial charge >= 0.3 is 0 Å². The van der Waals surface area contributed by atoms with Crippen LogP contribution < -0.4 is 5.56 Å². The number of halogens is 1. The Balaban J connectivity index is 1.61. The Hall–Kier alpha value is -2.43. The van der Waals surface area contributed by atoms with Gasteiger partial charge in [-0.05, 0) is 72.9 Å². The quantitative estimate of drug-likeness (QED) is 0.543. The van der Waals surface area contributed by atoms with Gasteiger partial charge in [0.25, 0.3) is 5.56 Å². The molecule has 2 aromatic carbocycles. The number of allylic oxidation sites excluding steroid dienone is 2. The second kappa shape index (κ2) is 7.57. The average molecular weight is 447 g/mol. The van der Waals surface area contributed by atoms with Crippen LogP contribution in [-0.4, -0.2) is 21.3 Å². The molecule has 1 fully saturated rings. The van der Waals surface area contributed by atoms with E-state index in [1.165, 1.54) is 23.1 Å². The van der Waals surface area contributed by atoms with E-state index in [1.54, 1.807) is 6.07 Å². The molecule has 3 aliphatic rings. The average Bonchev–Trinajstić information content (AvgIpc) is 3.08. The highest BCUT2D eigenvalue weighted by Crippen LogP contribution is 2.52. The lowest BCUT2D eigenvalue weighted by Gasteiger charge is -2.33. The van der Waals surface area contributed by atoms with Gasteiger partial charge < -0.3 is 5.11 Å². The lowest BCUT2D eigenvalue weighted by atomic mass is 9.69. The van der Waals surface area contributed by atoms with E-state index >= 15 is 0 Å². The van der Waals surface area contributed by atoms with E-state index in [-0.39, 0.29) is 17.6 Å². The van der Waals surface area contributed by atoms with Gasteiger partial charge in [-0.15, -0.1) is 0 Å². The molecule has 4 nitrogen and oxygen atoms in total. The number of hydrogen-bond acceptors (Lipinski definition) is 3. The summed E-state index contributed by atoms with van der Waals surface area (Å²) in [6.45, 7) is 0.260. The molecule has 1 unspecified atom stereocenters. The highest BCUT2D eigenvalue weighted by Gasteiger charge is 2.46. The summed E-state index contributed by atoms with van der Waals surface area (Å²) in [6.07, 6.45) is 10.8. The van der Waals surface area contributed by atoms with Crippen molar-refractivity contribution >= 4 is 28.1 Å². The first-order valence-electron chi connectivity index (χ1n) is 11.8. The van der Waals surface area contributed by atoms with Gasteiger partial charge in [-0.1, -0.05) is 55.1 Å². The van der Waals surface area contributed by atoms with Crippen molar-refractivity contribution in [2.24, 2.45) is 5.92 Å². The van der Waals surface area contributed by atoms with Crippen molar-refractivity contribution in [1.29, 1.82) is 0 Å². The van der Waals surface area contributed by atoms with Crippen molar-refractivity contribution in [1.82, 2.24) is 9.55 Å². The number of rotatable bonds is 2. The maximum Gasteiger partial charge on any atom is 0.282 e. The van der Waals surface area contributed by atoms with E-state index in [9.17, 15) is 9.90 Å². The van der Waals surface area contributed by atoms with Crippen LogP contribution in [0.25, 0.3) is 22.2 Å². The van der Waals surface area contributed by atoms with Crippen LogP contribution in [0.5, 0.6) is 0 Å². The molecule has 1 atom stereocenters. The second-order valence-corrected chi connectivity index (χ2v) is 10.0. The van der Waals surface area contributed by atoms with Gasteiger partial charge in [0.05, 0.1) is 27.0 Å². The summed E-state index contributed by atoms with van der Waals surface area (Å²) < 4.78 is 2.21. The largest absolute Gasteiger partial charge is 0.396 e. The van der Waals surface area contributed by atoms with Crippen LogP contribution in [0.2, 0.25) is 5.02 Å². The van der Waals surface area contributed by atoms with Crippen molar-refractivity contribution < 1.29 is 5.11 Å². The molecule has 0 amide bonds. The number of nitrogens with zero attached hydrogens (tertiary/aromatic N) is 2. The summed E-state index contributed by atoms with van der Waals surface area (Å²) in [5.74, 6) is 1.27. The SMILES string of the molecule is O=c1nc2n(c3cccc(Cl)c13)-c1cc(C3=CCC(CO)CC3)ccc1C21CCCCC1. The first kappa shape index (κ1) is 20.2. The molecule has 0 radical (unpaired) electrons. The molecule has 1 aliphatic heterocycles. The van der Waals surface area contributed by atoms with Gasteiger partial charge in [0.2, 0.25) is 0 Å². The van der Waals surface area contributed by atoms with Crippen molar-refractivity contribution in [2.75, 3.05) is 6.61 Å². The van der Waals surface area contributed by atoms with E-state index in [0.29, 0.717) is 16.3 Å². The van der Waals surface area contributed by atoms with Gasteiger partial charge in [-0.2, -0.15) is 4.98 Å². The van der Waals surface area contributed by atoms with Gasteiger partial charge in [0, 0.05) is 6.61 Å². The zero-order valence-corrected chi connectivity index (χ0v) is 18.9. The molecule has 1 aromatic heterocycles. The molecule has 0 bridgehead atoms. The molecular formula is C27H27ClN2O2. The number of benzene rings is 2. The highest BCUT2D eigenvalue weighted by atomic mass is 35.5. The summed E-state index contributed by atoms with van der Waals surface area (Å²) in [4.78, 5) is 17.7. The van der Waals surface area contributed by atoms with E-state index in [1.807, 2.05) is 12.1 Å². The fraction of sp³-hybridized carbons (Fsp3) is 0.407. The van der Waals surface area contributed by atoms with Crippen LogP contribution in [-0.2, 0) is 5.41 Å². The molecule has 1 saturated carbocycles. The number of aromatic nitrogens is 2. The van der Waals surface area contributed by atoms with Gasteiger partial charge in [0.1, 0.15) is 5.82 Å². The number of fused-ring (bicyclic) bond motifs is 7. The number of hydrogen-bond donors (Lipinski definition) is 1. The van der Waals surface area contributed by atoms with Crippen molar-refractivity contribution in [2.45, 2.75) is 56.8 Å². The predicted molar refractivity (Wildman–Crippen MR) is 129 cm³/mol. The Morgan fingerprint density at radius 2 is 2.00 bits per heavy atom. The Bertz CT molecular complexity index is 1320. The molecule has 3 aromatic rings. The molecule has 32 heavy (non-hydrogen) atoms. The fourth-order valence-corrected chi connectivity index (χ4v) is 6.45. The van der Waals surface area contributed by atoms with Crippen LogP contribution >= 0.6 is 11.6 Å². The third-order valence-corrected chi connectivity index (χ3v) is 8.22. The predicted octanol–water partition coefficient (Wildman–Crippen LogP) is 5.78. The molecular weight excluding hydrogens is 420 g/mol. The van der Waals surface area contributed by atoms with Gasteiger partial charge in [-0.25, -0.2) is 0 Å².